The van der Waals surface area contributed by atoms with Gasteiger partial charge < -0.3 is 9.63 Å². The first-order valence-corrected chi connectivity index (χ1v) is 5.26. The number of benzene rings is 1. The van der Waals surface area contributed by atoms with E-state index in [0.29, 0.717) is 17.9 Å². The molecule has 5 heteroatoms. The predicted octanol–water partition coefficient (Wildman–Crippen LogP) is 2.05. The van der Waals surface area contributed by atoms with Gasteiger partial charge in [-0.25, -0.2) is 0 Å². The van der Waals surface area contributed by atoms with Gasteiger partial charge in [-0.15, -0.1) is 0 Å². The molecule has 2 rings (SSSR count). The number of hydrogen-bond donors (Lipinski definition) is 1. The summed E-state index contributed by atoms with van der Waals surface area (Å²) in [5.41, 5.74) is 1.30. The number of hydrogen-bond acceptors (Lipinski definition) is 5. The molecule has 0 radical (unpaired) electrons. The van der Waals surface area contributed by atoms with Gasteiger partial charge in [-0.2, -0.15) is 10.2 Å². The Balaban J connectivity index is 2.28. The fraction of sp³-hybridized carbons (Fsp3) is 0.250. The van der Waals surface area contributed by atoms with Crippen molar-refractivity contribution in [1.29, 1.82) is 5.26 Å². The van der Waals surface area contributed by atoms with E-state index in [-0.39, 0.29) is 5.82 Å². The highest BCUT2D eigenvalue weighted by Crippen LogP contribution is 2.20. The van der Waals surface area contributed by atoms with Crippen LogP contribution in [0.5, 0.6) is 0 Å². The number of aliphatic hydroxyl groups excluding tert-OH is 1. The van der Waals surface area contributed by atoms with Crippen molar-refractivity contribution in [1.82, 2.24) is 10.1 Å². The molecule has 0 bridgehead atoms. The Labute approximate surface area is 98.3 Å². The minimum absolute atomic E-state index is 0.284. The molecule has 0 aliphatic rings. The zero-order valence-electron chi connectivity index (χ0n) is 9.29. The summed E-state index contributed by atoms with van der Waals surface area (Å²) in [6.45, 7) is 1.84. The first-order chi connectivity index (χ1) is 8.24. The van der Waals surface area contributed by atoms with Crippen LogP contribution in [0.3, 0.4) is 0 Å². The Morgan fingerprint density at radius 2 is 2.12 bits per heavy atom. The van der Waals surface area contributed by atoms with Crippen LogP contribution in [0.4, 0.5) is 0 Å². The highest BCUT2D eigenvalue weighted by molar-refractivity contribution is 5.54. The summed E-state index contributed by atoms with van der Waals surface area (Å²) in [6.07, 6.45) is -0.169. The van der Waals surface area contributed by atoms with Gasteiger partial charge in [0.15, 0.2) is 0 Å². The lowest BCUT2D eigenvalue weighted by atomic mass is 10.1. The molecule has 0 spiro atoms. The second kappa shape index (κ2) is 4.76. The molecular weight excluding hydrogens is 218 g/mol. The van der Waals surface area contributed by atoms with E-state index < -0.39 is 6.10 Å². The minimum atomic E-state index is -0.703. The van der Waals surface area contributed by atoms with E-state index in [9.17, 15) is 5.11 Å². The van der Waals surface area contributed by atoms with E-state index in [0.717, 1.165) is 5.56 Å². The highest BCUT2D eigenvalue weighted by Gasteiger charge is 2.14. The molecule has 0 aliphatic carbocycles. The normalized spacial score (nSPS) is 12.1. The van der Waals surface area contributed by atoms with Crippen LogP contribution in [0.15, 0.2) is 28.8 Å². The lowest BCUT2D eigenvalue weighted by molar-refractivity contribution is 0.159. The van der Waals surface area contributed by atoms with Gasteiger partial charge in [-0.3, -0.25) is 0 Å². The summed E-state index contributed by atoms with van der Waals surface area (Å²) in [4.78, 5) is 4.10. The van der Waals surface area contributed by atoms with Crippen molar-refractivity contribution in [3.63, 3.8) is 0 Å². The van der Waals surface area contributed by atoms with Crippen molar-refractivity contribution in [3.05, 3.63) is 35.7 Å². The topological polar surface area (TPSA) is 82.9 Å². The monoisotopic (exact) mass is 229 g/mol. The molecular formula is C12H11N3O2. The van der Waals surface area contributed by atoms with Crippen molar-refractivity contribution in [2.75, 3.05) is 0 Å². The van der Waals surface area contributed by atoms with Crippen LogP contribution >= 0.6 is 0 Å². The van der Waals surface area contributed by atoms with Gasteiger partial charge in [0, 0.05) is 5.56 Å². The van der Waals surface area contributed by atoms with Crippen molar-refractivity contribution >= 4 is 0 Å². The van der Waals surface area contributed by atoms with Crippen LogP contribution < -0.4 is 0 Å². The van der Waals surface area contributed by atoms with Crippen LogP contribution in [-0.2, 0) is 0 Å². The SMILES string of the molecule is CCC(O)c1noc(-c2ccc(C#N)cc2)n1. The fourth-order valence-corrected chi connectivity index (χ4v) is 1.36. The standard InChI is InChI=1S/C12H11N3O2/c1-2-10(16)11-14-12(17-15-11)9-5-3-8(7-13)4-6-9/h3-6,10,16H,2H2,1H3. The first kappa shape index (κ1) is 11.3. The molecule has 1 heterocycles. The maximum atomic E-state index is 9.54. The second-order valence-corrected chi connectivity index (χ2v) is 3.57. The minimum Gasteiger partial charge on any atom is -0.385 e. The molecule has 1 aromatic heterocycles. The number of rotatable bonds is 3. The summed E-state index contributed by atoms with van der Waals surface area (Å²) in [5.74, 6) is 0.629. The Bertz CT molecular complexity index is 540. The molecule has 2 aromatic rings. The molecule has 0 fully saturated rings. The van der Waals surface area contributed by atoms with Crippen LogP contribution in [0.2, 0.25) is 0 Å². The number of nitriles is 1. The van der Waals surface area contributed by atoms with Gasteiger partial charge in [0.25, 0.3) is 5.89 Å². The van der Waals surface area contributed by atoms with Gasteiger partial charge in [0.2, 0.25) is 5.82 Å². The Kier molecular flexibility index (Phi) is 3.17. The first-order valence-electron chi connectivity index (χ1n) is 5.26. The Morgan fingerprint density at radius 1 is 1.41 bits per heavy atom. The van der Waals surface area contributed by atoms with Crippen LogP contribution in [0.25, 0.3) is 11.5 Å². The van der Waals surface area contributed by atoms with Crippen LogP contribution in [0, 0.1) is 11.3 Å². The maximum Gasteiger partial charge on any atom is 0.258 e. The average Bonchev–Trinajstić information content (AvgIpc) is 2.87. The number of aromatic nitrogens is 2. The third kappa shape index (κ3) is 2.32. The summed E-state index contributed by atoms with van der Waals surface area (Å²) < 4.78 is 5.04. The van der Waals surface area contributed by atoms with Crippen molar-refractivity contribution in [3.8, 4) is 17.5 Å². The summed E-state index contributed by atoms with van der Waals surface area (Å²) >= 11 is 0. The fourth-order valence-electron chi connectivity index (χ4n) is 1.36. The van der Waals surface area contributed by atoms with Crippen LogP contribution in [-0.4, -0.2) is 15.2 Å². The highest BCUT2D eigenvalue weighted by atomic mass is 16.5. The summed E-state index contributed by atoms with van der Waals surface area (Å²) in [6, 6.07) is 8.84. The molecule has 1 unspecified atom stereocenters. The maximum absolute atomic E-state index is 9.54. The average molecular weight is 229 g/mol. The largest absolute Gasteiger partial charge is 0.385 e. The van der Waals surface area contributed by atoms with E-state index in [2.05, 4.69) is 10.1 Å². The molecule has 1 aromatic carbocycles. The zero-order valence-corrected chi connectivity index (χ0v) is 9.29. The second-order valence-electron chi connectivity index (χ2n) is 3.57. The molecule has 86 valence electrons. The van der Waals surface area contributed by atoms with Gasteiger partial charge in [0.05, 0.1) is 11.6 Å². The molecule has 0 saturated heterocycles. The molecule has 17 heavy (non-hydrogen) atoms. The van der Waals surface area contributed by atoms with E-state index in [1.165, 1.54) is 0 Å². The van der Waals surface area contributed by atoms with E-state index >= 15 is 0 Å². The molecule has 0 amide bonds. The zero-order chi connectivity index (χ0) is 12.3. The molecule has 5 nitrogen and oxygen atoms in total. The molecule has 0 saturated carbocycles. The Hall–Kier alpha value is -2.19. The quantitative estimate of drug-likeness (QED) is 0.870. The van der Waals surface area contributed by atoms with Gasteiger partial charge in [0.1, 0.15) is 6.10 Å². The van der Waals surface area contributed by atoms with E-state index in [4.69, 9.17) is 9.78 Å². The summed E-state index contributed by atoms with van der Waals surface area (Å²) in [5, 5.41) is 21.9. The van der Waals surface area contributed by atoms with E-state index in [1.807, 2.05) is 13.0 Å². The van der Waals surface area contributed by atoms with Gasteiger partial charge in [-0.1, -0.05) is 12.1 Å². The third-order valence-corrected chi connectivity index (χ3v) is 2.39. The van der Waals surface area contributed by atoms with Crippen molar-refractivity contribution < 1.29 is 9.63 Å². The summed E-state index contributed by atoms with van der Waals surface area (Å²) in [7, 11) is 0. The van der Waals surface area contributed by atoms with Gasteiger partial charge >= 0.3 is 0 Å². The lowest BCUT2D eigenvalue weighted by Crippen LogP contribution is -1.97. The number of aliphatic hydroxyl groups is 1. The smallest absolute Gasteiger partial charge is 0.258 e. The predicted molar refractivity (Wildman–Crippen MR) is 59.7 cm³/mol. The molecule has 1 atom stereocenters. The van der Waals surface area contributed by atoms with Crippen molar-refractivity contribution in [2.45, 2.75) is 19.4 Å². The third-order valence-electron chi connectivity index (χ3n) is 2.39. The molecule has 1 N–H and O–H groups in total. The van der Waals surface area contributed by atoms with Gasteiger partial charge in [-0.05, 0) is 30.7 Å². The molecule has 0 aliphatic heterocycles. The van der Waals surface area contributed by atoms with Crippen molar-refractivity contribution in [2.24, 2.45) is 0 Å². The lowest BCUT2D eigenvalue weighted by Gasteiger charge is -1.98. The number of nitrogens with zero attached hydrogens (tertiary/aromatic N) is 3. The Morgan fingerprint density at radius 3 is 2.71 bits per heavy atom. The van der Waals surface area contributed by atoms with Crippen LogP contribution in [0.1, 0.15) is 30.8 Å². The van der Waals surface area contributed by atoms with E-state index in [1.54, 1.807) is 24.3 Å².